The molecule has 7 heteroatoms. The van der Waals surface area contributed by atoms with Crippen molar-refractivity contribution < 1.29 is 13.9 Å². The predicted molar refractivity (Wildman–Crippen MR) is 87.6 cm³/mol. The number of fused-ring (bicyclic) bond motifs is 2. The van der Waals surface area contributed by atoms with Crippen molar-refractivity contribution in [1.82, 2.24) is 9.78 Å². The van der Waals surface area contributed by atoms with Gasteiger partial charge in [-0.05, 0) is 36.6 Å². The molecule has 0 fully saturated rings. The summed E-state index contributed by atoms with van der Waals surface area (Å²) in [7, 11) is 0. The van der Waals surface area contributed by atoms with Crippen LogP contribution in [0.3, 0.4) is 0 Å². The summed E-state index contributed by atoms with van der Waals surface area (Å²) in [5.74, 6) is -0.629. The number of nitrogen functional groups attached to an aromatic ring is 1. The van der Waals surface area contributed by atoms with E-state index in [0.29, 0.717) is 44.0 Å². The van der Waals surface area contributed by atoms with Crippen LogP contribution in [0.25, 0.3) is 0 Å². The van der Waals surface area contributed by atoms with Crippen LogP contribution in [0.5, 0.6) is 0 Å². The lowest BCUT2D eigenvalue weighted by Gasteiger charge is -2.27. The molecule has 0 amide bonds. The quantitative estimate of drug-likeness (QED) is 0.838. The molecule has 0 radical (unpaired) electrons. The Morgan fingerprint density at radius 2 is 2.33 bits per heavy atom. The smallest absolute Gasteiger partial charge is 0.256 e. The van der Waals surface area contributed by atoms with Crippen molar-refractivity contribution in [2.24, 2.45) is 0 Å². The highest BCUT2D eigenvalue weighted by molar-refractivity contribution is 5.90. The standard InChI is InChI=1S/C17H19FN4O2/c1-9-6-10(18)7-13-11(2-4-20-15(9)13)17(23)22-16(19)12-3-5-24-8-14(12)21-22/h6-7,11,20H,2-5,8,19H2,1H3. The number of carbonyl (C=O) groups excluding carboxylic acids is 1. The van der Waals surface area contributed by atoms with Gasteiger partial charge >= 0.3 is 0 Å². The van der Waals surface area contributed by atoms with Crippen LogP contribution in [0.15, 0.2) is 12.1 Å². The number of benzene rings is 1. The monoisotopic (exact) mass is 330 g/mol. The highest BCUT2D eigenvalue weighted by atomic mass is 19.1. The summed E-state index contributed by atoms with van der Waals surface area (Å²) in [6.07, 6.45) is 1.24. The van der Waals surface area contributed by atoms with Gasteiger partial charge in [-0.15, -0.1) is 0 Å². The number of nitrogens with zero attached hydrogens (tertiary/aromatic N) is 2. The molecular formula is C17H19FN4O2. The molecule has 0 spiro atoms. The number of halogens is 1. The minimum atomic E-state index is -0.458. The van der Waals surface area contributed by atoms with Crippen LogP contribution >= 0.6 is 0 Å². The molecule has 2 aliphatic rings. The van der Waals surface area contributed by atoms with Gasteiger partial charge in [0.2, 0.25) is 0 Å². The largest absolute Gasteiger partial charge is 0.385 e. The molecule has 4 rings (SSSR count). The van der Waals surface area contributed by atoms with Crippen LogP contribution < -0.4 is 11.1 Å². The minimum absolute atomic E-state index is 0.213. The lowest BCUT2D eigenvalue weighted by Crippen LogP contribution is -2.29. The SMILES string of the molecule is Cc1cc(F)cc2c1NCCC2C(=O)n1nc2c(c1N)CCOC2. The Bertz CT molecular complexity index is 830. The number of anilines is 2. The Morgan fingerprint density at radius 1 is 1.50 bits per heavy atom. The predicted octanol–water partition coefficient (Wildman–Crippen LogP) is 2.23. The van der Waals surface area contributed by atoms with Crippen LogP contribution in [-0.4, -0.2) is 28.8 Å². The normalized spacial score (nSPS) is 19.3. The first-order valence-corrected chi connectivity index (χ1v) is 8.08. The number of ether oxygens (including phenoxy) is 1. The number of aryl methyl sites for hydroxylation is 1. The summed E-state index contributed by atoms with van der Waals surface area (Å²) in [6.45, 7) is 3.44. The summed E-state index contributed by atoms with van der Waals surface area (Å²) in [5.41, 5.74) is 10.1. The molecule has 0 saturated heterocycles. The van der Waals surface area contributed by atoms with Crippen LogP contribution in [0, 0.1) is 12.7 Å². The van der Waals surface area contributed by atoms with Crippen molar-refractivity contribution in [2.75, 3.05) is 24.2 Å². The lowest BCUT2D eigenvalue weighted by atomic mass is 9.88. The lowest BCUT2D eigenvalue weighted by molar-refractivity contribution is 0.0854. The number of hydrogen-bond donors (Lipinski definition) is 2. The van der Waals surface area contributed by atoms with Crippen molar-refractivity contribution in [3.05, 3.63) is 40.3 Å². The second-order valence-corrected chi connectivity index (χ2v) is 6.32. The van der Waals surface area contributed by atoms with Gasteiger partial charge in [-0.25, -0.2) is 4.39 Å². The zero-order valence-electron chi connectivity index (χ0n) is 13.4. The Morgan fingerprint density at radius 3 is 3.12 bits per heavy atom. The van der Waals surface area contributed by atoms with Crippen molar-refractivity contribution in [2.45, 2.75) is 32.3 Å². The fourth-order valence-corrected chi connectivity index (χ4v) is 3.60. The van der Waals surface area contributed by atoms with Crippen LogP contribution in [0.2, 0.25) is 0 Å². The summed E-state index contributed by atoms with van der Waals surface area (Å²) in [4.78, 5) is 13.1. The first kappa shape index (κ1) is 15.1. The third-order valence-electron chi connectivity index (χ3n) is 4.79. The summed E-state index contributed by atoms with van der Waals surface area (Å²) in [6, 6.07) is 2.90. The molecule has 24 heavy (non-hydrogen) atoms. The summed E-state index contributed by atoms with van der Waals surface area (Å²) >= 11 is 0. The minimum Gasteiger partial charge on any atom is -0.385 e. The van der Waals surface area contributed by atoms with E-state index in [4.69, 9.17) is 10.5 Å². The van der Waals surface area contributed by atoms with Crippen molar-refractivity contribution in [3.8, 4) is 0 Å². The van der Waals surface area contributed by atoms with E-state index in [2.05, 4.69) is 10.4 Å². The van der Waals surface area contributed by atoms with Crippen molar-refractivity contribution >= 4 is 17.4 Å². The Hall–Kier alpha value is -2.41. The molecule has 6 nitrogen and oxygen atoms in total. The van der Waals surface area contributed by atoms with Gasteiger partial charge in [0.1, 0.15) is 11.6 Å². The third kappa shape index (κ3) is 2.27. The zero-order chi connectivity index (χ0) is 16.8. The van der Waals surface area contributed by atoms with Crippen LogP contribution in [0.1, 0.15) is 39.5 Å². The number of nitrogens with two attached hydrogens (primary N) is 1. The van der Waals surface area contributed by atoms with E-state index >= 15 is 0 Å². The Labute approximate surface area is 138 Å². The van der Waals surface area contributed by atoms with Gasteiger partial charge < -0.3 is 15.8 Å². The molecule has 2 aromatic rings. The molecule has 3 heterocycles. The first-order valence-electron chi connectivity index (χ1n) is 8.08. The molecule has 126 valence electrons. The van der Waals surface area contributed by atoms with Crippen molar-refractivity contribution in [1.29, 1.82) is 0 Å². The molecule has 1 atom stereocenters. The average Bonchev–Trinajstić information content (AvgIpc) is 2.91. The Kier molecular flexibility index (Phi) is 3.53. The fraction of sp³-hybridized carbons (Fsp3) is 0.412. The van der Waals surface area contributed by atoms with Gasteiger partial charge in [0.25, 0.3) is 5.91 Å². The van der Waals surface area contributed by atoms with Gasteiger partial charge in [-0.3, -0.25) is 4.79 Å². The van der Waals surface area contributed by atoms with E-state index in [-0.39, 0.29) is 11.7 Å². The average molecular weight is 330 g/mol. The van der Waals surface area contributed by atoms with Gasteiger partial charge in [0.15, 0.2) is 0 Å². The van der Waals surface area contributed by atoms with E-state index in [1.165, 1.54) is 16.8 Å². The highest BCUT2D eigenvalue weighted by Crippen LogP contribution is 2.36. The molecule has 1 aromatic heterocycles. The Balaban J connectivity index is 1.76. The summed E-state index contributed by atoms with van der Waals surface area (Å²) in [5, 5.41) is 7.60. The molecule has 2 aliphatic heterocycles. The maximum absolute atomic E-state index is 13.9. The van der Waals surface area contributed by atoms with Crippen LogP contribution in [0.4, 0.5) is 15.9 Å². The van der Waals surface area contributed by atoms with E-state index in [9.17, 15) is 9.18 Å². The maximum atomic E-state index is 13.9. The fourth-order valence-electron chi connectivity index (χ4n) is 3.60. The molecule has 0 bridgehead atoms. The molecule has 1 unspecified atom stereocenters. The number of hydrogen-bond acceptors (Lipinski definition) is 5. The molecule has 1 aromatic carbocycles. The summed E-state index contributed by atoms with van der Waals surface area (Å²) < 4.78 is 20.5. The third-order valence-corrected chi connectivity index (χ3v) is 4.79. The highest BCUT2D eigenvalue weighted by Gasteiger charge is 2.32. The molecule has 0 aliphatic carbocycles. The van der Waals surface area contributed by atoms with E-state index in [0.717, 1.165) is 22.5 Å². The number of nitrogens with one attached hydrogen (secondary N) is 1. The van der Waals surface area contributed by atoms with Gasteiger partial charge in [-0.1, -0.05) is 0 Å². The second kappa shape index (κ2) is 5.59. The topological polar surface area (TPSA) is 82.2 Å². The maximum Gasteiger partial charge on any atom is 0.256 e. The van der Waals surface area contributed by atoms with Gasteiger partial charge in [-0.2, -0.15) is 9.78 Å². The van der Waals surface area contributed by atoms with E-state index in [1.807, 2.05) is 6.92 Å². The molecular weight excluding hydrogens is 311 g/mol. The number of carbonyl (C=O) groups is 1. The van der Waals surface area contributed by atoms with Crippen LogP contribution in [-0.2, 0) is 17.8 Å². The van der Waals surface area contributed by atoms with Gasteiger partial charge in [0, 0.05) is 24.2 Å². The van der Waals surface area contributed by atoms with Crippen molar-refractivity contribution in [3.63, 3.8) is 0 Å². The first-order chi connectivity index (χ1) is 11.6. The van der Waals surface area contributed by atoms with Gasteiger partial charge in [0.05, 0.1) is 24.8 Å². The zero-order valence-corrected chi connectivity index (χ0v) is 13.4. The number of rotatable bonds is 1. The molecule has 3 N–H and O–H groups in total. The van der Waals surface area contributed by atoms with E-state index < -0.39 is 5.92 Å². The van der Waals surface area contributed by atoms with E-state index in [1.54, 1.807) is 0 Å². The second-order valence-electron chi connectivity index (χ2n) is 6.32. The molecule has 0 saturated carbocycles. The number of aromatic nitrogens is 2.